The molecule has 34 heavy (non-hydrogen) atoms. The summed E-state index contributed by atoms with van der Waals surface area (Å²) in [6.07, 6.45) is 5.10. The van der Waals surface area contributed by atoms with Crippen molar-refractivity contribution in [3.05, 3.63) is 59.5 Å². The van der Waals surface area contributed by atoms with E-state index in [-0.39, 0.29) is 32.7 Å². The molecule has 0 aromatic carbocycles. The van der Waals surface area contributed by atoms with Crippen LogP contribution in [0.3, 0.4) is 0 Å². The second kappa shape index (κ2) is 8.84. The van der Waals surface area contributed by atoms with Crippen molar-refractivity contribution in [2.45, 2.75) is 42.7 Å². The smallest absolute Gasteiger partial charge is 0.253 e. The first-order valence-corrected chi connectivity index (χ1v) is 12.4. The van der Waals surface area contributed by atoms with E-state index in [1.165, 1.54) is 48.9 Å². The van der Waals surface area contributed by atoms with E-state index in [0.717, 1.165) is 6.42 Å². The van der Waals surface area contributed by atoms with Gasteiger partial charge in [-0.25, -0.2) is 18.4 Å². The number of hydrogen-bond acceptors (Lipinski definition) is 8. The molecule has 1 atom stereocenters. The van der Waals surface area contributed by atoms with E-state index in [1.807, 2.05) is 18.7 Å². The molecule has 3 aromatic rings. The summed E-state index contributed by atoms with van der Waals surface area (Å²) < 4.78 is 32.8. The molecule has 0 aliphatic carbocycles. The van der Waals surface area contributed by atoms with Crippen LogP contribution < -0.4 is 15.4 Å². The predicted octanol–water partition coefficient (Wildman–Crippen LogP) is 3.87. The summed E-state index contributed by atoms with van der Waals surface area (Å²) in [6.45, 7) is 6.77. The average molecular weight is 502 g/mol. The zero-order valence-electron chi connectivity index (χ0n) is 18.9. The van der Waals surface area contributed by atoms with Gasteiger partial charge >= 0.3 is 0 Å². The summed E-state index contributed by atoms with van der Waals surface area (Å²) >= 11 is 5.93. The summed E-state index contributed by atoms with van der Waals surface area (Å²) in [7, 11) is -4.24. The number of rotatable bonds is 6. The quantitative estimate of drug-likeness (QED) is 0.538. The Kier molecular flexibility index (Phi) is 6.22. The Morgan fingerprint density at radius 3 is 2.68 bits per heavy atom. The maximum Gasteiger partial charge on any atom is 0.253 e. The Hall–Kier alpha value is -3.24. The second-order valence-electron chi connectivity index (χ2n) is 8.86. The Morgan fingerprint density at radius 2 is 2.03 bits per heavy atom. The van der Waals surface area contributed by atoms with Gasteiger partial charge in [0, 0.05) is 36.6 Å². The third kappa shape index (κ3) is 4.55. The highest BCUT2D eigenvalue weighted by atomic mass is 35.5. The van der Waals surface area contributed by atoms with Crippen LogP contribution in [-0.4, -0.2) is 41.4 Å². The van der Waals surface area contributed by atoms with Crippen LogP contribution >= 0.6 is 11.6 Å². The molecule has 0 saturated carbocycles. The third-order valence-electron chi connectivity index (χ3n) is 5.63. The SMILES string of the molecule is CC1CN(c2nccc(S(=O)(=O)c3cccc(Oc4cncc(Cl)c4)n3)c2C(N)=O)C(C)(C)C1. The van der Waals surface area contributed by atoms with Crippen LogP contribution in [0.1, 0.15) is 37.6 Å². The number of primary amides is 1. The van der Waals surface area contributed by atoms with Crippen molar-refractivity contribution in [1.82, 2.24) is 15.0 Å². The molecular formula is C23H24ClN5O4S. The Balaban J connectivity index is 1.78. The van der Waals surface area contributed by atoms with Crippen molar-refractivity contribution in [2.75, 3.05) is 11.4 Å². The number of hydrogen-bond donors (Lipinski definition) is 1. The minimum absolute atomic E-state index is 0.0227. The standard InChI is InChI=1S/C23H24ClN5O4S/c1-14-10-23(2,3)29(13-14)22-20(21(25)30)17(7-8-27-22)34(31,32)19-6-4-5-18(28-19)33-16-9-15(24)11-26-12-16/h4-9,11-12,14H,10,13H2,1-3H3,(H2,25,30). The van der Waals surface area contributed by atoms with E-state index in [1.54, 1.807) is 0 Å². The van der Waals surface area contributed by atoms with E-state index in [9.17, 15) is 13.2 Å². The molecule has 1 fully saturated rings. The molecular weight excluding hydrogens is 478 g/mol. The first kappa shape index (κ1) is 23.9. The lowest BCUT2D eigenvalue weighted by Gasteiger charge is -2.33. The molecule has 4 heterocycles. The number of carbonyl (C=O) groups excluding carboxylic acids is 1. The van der Waals surface area contributed by atoms with Gasteiger partial charge in [0.1, 0.15) is 17.1 Å². The number of sulfone groups is 1. The number of anilines is 1. The van der Waals surface area contributed by atoms with Gasteiger partial charge in [-0.15, -0.1) is 0 Å². The van der Waals surface area contributed by atoms with Gasteiger partial charge in [-0.3, -0.25) is 9.78 Å². The van der Waals surface area contributed by atoms with Crippen LogP contribution in [0.2, 0.25) is 5.02 Å². The molecule has 1 amide bonds. The molecule has 1 aliphatic heterocycles. The van der Waals surface area contributed by atoms with Crippen LogP contribution in [0.4, 0.5) is 5.82 Å². The highest BCUT2D eigenvalue weighted by molar-refractivity contribution is 7.91. The average Bonchev–Trinajstić information content (AvgIpc) is 3.05. The van der Waals surface area contributed by atoms with Gasteiger partial charge in [-0.05, 0) is 38.3 Å². The lowest BCUT2D eigenvalue weighted by Crippen LogP contribution is -2.40. The summed E-state index contributed by atoms with van der Waals surface area (Å²) in [6, 6.07) is 7.11. The molecule has 0 radical (unpaired) electrons. The maximum atomic E-state index is 13.6. The molecule has 11 heteroatoms. The molecule has 3 aromatic heterocycles. The zero-order chi connectivity index (χ0) is 24.7. The highest BCUT2D eigenvalue weighted by Crippen LogP contribution is 2.39. The number of nitrogens with two attached hydrogens (primary N) is 1. The summed E-state index contributed by atoms with van der Waals surface area (Å²) in [5.74, 6) is 0.0301. The fourth-order valence-electron chi connectivity index (χ4n) is 4.34. The van der Waals surface area contributed by atoms with Crippen molar-refractivity contribution in [3.63, 3.8) is 0 Å². The first-order chi connectivity index (χ1) is 16.0. The van der Waals surface area contributed by atoms with Crippen molar-refractivity contribution in [2.24, 2.45) is 11.7 Å². The van der Waals surface area contributed by atoms with Crippen molar-refractivity contribution < 1.29 is 17.9 Å². The van der Waals surface area contributed by atoms with E-state index < -0.39 is 15.7 Å². The van der Waals surface area contributed by atoms with Gasteiger partial charge in [0.25, 0.3) is 5.91 Å². The van der Waals surface area contributed by atoms with Crippen LogP contribution in [0.25, 0.3) is 0 Å². The fraction of sp³-hybridized carbons (Fsp3) is 0.304. The molecule has 1 unspecified atom stereocenters. The van der Waals surface area contributed by atoms with Crippen molar-refractivity contribution >= 4 is 33.2 Å². The van der Waals surface area contributed by atoms with Gasteiger partial charge < -0.3 is 15.4 Å². The Morgan fingerprint density at radius 1 is 1.26 bits per heavy atom. The first-order valence-electron chi connectivity index (χ1n) is 10.6. The van der Waals surface area contributed by atoms with Crippen LogP contribution in [0.5, 0.6) is 11.6 Å². The molecule has 0 bridgehead atoms. The summed E-state index contributed by atoms with van der Waals surface area (Å²) in [5.41, 5.74) is 5.21. The van der Waals surface area contributed by atoms with Crippen LogP contribution in [-0.2, 0) is 9.84 Å². The number of nitrogens with zero attached hydrogens (tertiary/aromatic N) is 4. The van der Waals surface area contributed by atoms with Crippen LogP contribution in [0, 0.1) is 5.92 Å². The molecule has 0 spiro atoms. The largest absolute Gasteiger partial charge is 0.437 e. The highest BCUT2D eigenvalue weighted by Gasteiger charge is 2.40. The molecule has 178 valence electrons. The van der Waals surface area contributed by atoms with E-state index in [2.05, 4.69) is 21.9 Å². The van der Waals surface area contributed by atoms with Gasteiger partial charge in [-0.1, -0.05) is 24.6 Å². The van der Waals surface area contributed by atoms with E-state index in [4.69, 9.17) is 22.1 Å². The molecule has 4 rings (SSSR count). The number of halogens is 1. The Labute approximate surface area is 202 Å². The number of carbonyl (C=O) groups is 1. The minimum Gasteiger partial charge on any atom is -0.437 e. The second-order valence-corrected chi connectivity index (χ2v) is 11.2. The van der Waals surface area contributed by atoms with Crippen molar-refractivity contribution in [1.29, 1.82) is 0 Å². The lowest BCUT2D eigenvalue weighted by atomic mass is 9.97. The Bertz CT molecular complexity index is 1360. The maximum absolute atomic E-state index is 13.6. The number of ether oxygens (including phenoxy) is 1. The monoisotopic (exact) mass is 501 g/mol. The van der Waals surface area contributed by atoms with Gasteiger partial charge in [0.05, 0.1) is 16.1 Å². The van der Waals surface area contributed by atoms with E-state index in [0.29, 0.717) is 23.2 Å². The molecule has 2 N–H and O–H groups in total. The summed E-state index contributed by atoms with van der Waals surface area (Å²) in [4.78, 5) is 26.7. The van der Waals surface area contributed by atoms with Gasteiger partial charge in [-0.2, -0.15) is 0 Å². The van der Waals surface area contributed by atoms with Gasteiger partial charge in [0.2, 0.25) is 15.7 Å². The molecule has 1 aliphatic rings. The fourth-order valence-corrected chi connectivity index (χ4v) is 5.89. The number of pyridine rings is 3. The molecule has 9 nitrogen and oxygen atoms in total. The van der Waals surface area contributed by atoms with Crippen molar-refractivity contribution in [3.8, 4) is 11.6 Å². The topological polar surface area (TPSA) is 128 Å². The number of amides is 1. The van der Waals surface area contributed by atoms with Crippen LogP contribution in [0.15, 0.2) is 58.8 Å². The van der Waals surface area contributed by atoms with Gasteiger partial charge in [0.15, 0.2) is 5.03 Å². The minimum atomic E-state index is -4.24. The summed E-state index contributed by atoms with van der Waals surface area (Å²) in [5, 5.41) is 0.0598. The molecule has 1 saturated heterocycles. The lowest BCUT2D eigenvalue weighted by molar-refractivity contribution is 0.0997. The normalized spacial score (nSPS) is 17.5. The predicted molar refractivity (Wildman–Crippen MR) is 127 cm³/mol. The van der Waals surface area contributed by atoms with E-state index >= 15 is 0 Å². The zero-order valence-corrected chi connectivity index (χ0v) is 20.5. The number of aromatic nitrogens is 3. The third-order valence-corrected chi connectivity index (χ3v) is 7.54.